The number of nitrogens with one attached hydrogen (secondary N) is 1. The number of likely N-dealkylation sites (N-methyl/N-ethyl adjacent to an activating group) is 1. The molecule has 1 aliphatic rings. The van der Waals surface area contributed by atoms with Gasteiger partial charge >= 0.3 is 0 Å². The Kier molecular flexibility index (Phi) is 4.00. The van der Waals surface area contributed by atoms with Crippen LogP contribution in [0.1, 0.15) is 43.0 Å². The molecule has 0 aliphatic heterocycles. The summed E-state index contributed by atoms with van der Waals surface area (Å²) in [5.41, 5.74) is 5.36. The van der Waals surface area contributed by atoms with Gasteiger partial charge in [0.1, 0.15) is 0 Å². The summed E-state index contributed by atoms with van der Waals surface area (Å²) in [4.78, 5) is 6.72. The molecule has 1 unspecified atom stereocenters. The molecule has 1 aromatic heterocycles. The van der Waals surface area contributed by atoms with Crippen LogP contribution in [0, 0.1) is 6.92 Å². The van der Waals surface area contributed by atoms with Gasteiger partial charge < -0.3 is 4.90 Å². The van der Waals surface area contributed by atoms with Gasteiger partial charge in [-0.15, -0.1) is 0 Å². The molecule has 100 valence electrons. The summed E-state index contributed by atoms with van der Waals surface area (Å²) >= 11 is 0. The van der Waals surface area contributed by atoms with Crippen molar-refractivity contribution < 1.29 is 0 Å². The third kappa shape index (κ3) is 2.28. The van der Waals surface area contributed by atoms with Gasteiger partial charge in [0.05, 0.1) is 6.04 Å². The fourth-order valence-corrected chi connectivity index (χ4v) is 3.19. The van der Waals surface area contributed by atoms with Crippen LogP contribution < -0.4 is 11.3 Å². The molecule has 1 saturated carbocycles. The van der Waals surface area contributed by atoms with Crippen molar-refractivity contribution in [1.82, 2.24) is 15.3 Å². The Hall–Kier alpha value is -0.970. The molecule has 4 nitrogen and oxygen atoms in total. The molecular weight excluding hydrogens is 224 g/mol. The molecule has 0 bridgehead atoms. The molecule has 1 aromatic rings. The third-order valence-electron chi connectivity index (χ3n) is 4.33. The van der Waals surface area contributed by atoms with Crippen LogP contribution in [0.5, 0.6) is 0 Å². The van der Waals surface area contributed by atoms with E-state index >= 15 is 0 Å². The van der Waals surface area contributed by atoms with Crippen LogP contribution in [0.25, 0.3) is 0 Å². The monoisotopic (exact) mass is 248 g/mol. The molecule has 4 heteroatoms. The number of nitrogens with zero attached hydrogens (tertiary/aromatic N) is 2. The van der Waals surface area contributed by atoms with E-state index < -0.39 is 0 Å². The van der Waals surface area contributed by atoms with Gasteiger partial charge in [0, 0.05) is 17.4 Å². The lowest BCUT2D eigenvalue weighted by Gasteiger charge is -2.43. The first-order valence-corrected chi connectivity index (χ1v) is 6.66. The molecule has 18 heavy (non-hydrogen) atoms. The number of hydrogen-bond acceptors (Lipinski definition) is 4. The Morgan fingerprint density at radius 1 is 1.33 bits per heavy atom. The number of aromatic nitrogens is 1. The maximum absolute atomic E-state index is 5.84. The van der Waals surface area contributed by atoms with Crippen LogP contribution in [0.2, 0.25) is 0 Å². The lowest BCUT2D eigenvalue weighted by Crippen LogP contribution is -2.53. The van der Waals surface area contributed by atoms with Crippen molar-refractivity contribution in [3.8, 4) is 0 Å². The van der Waals surface area contributed by atoms with E-state index in [1.54, 1.807) is 0 Å². The van der Waals surface area contributed by atoms with Gasteiger partial charge in [-0.25, -0.2) is 0 Å². The number of rotatable bonds is 4. The first-order valence-electron chi connectivity index (χ1n) is 6.66. The minimum Gasteiger partial charge on any atom is -0.302 e. The van der Waals surface area contributed by atoms with E-state index in [0.717, 1.165) is 5.69 Å². The van der Waals surface area contributed by atoms with Crippen molar-refractivity contribution in [3.63, 3.8) is 0 Å². The average molecular weight is 248 g/mol. The number of pyridine rings is 1. The van der Waals surface area contributed by atoms with Gasteiger partial charge in [0.2, 0.25) is 0 Å². The highest BCUT2D eigenvalue weighted by atomic mass is 15.3. The van der Waals surface area contributed by atoms with Crippen molar-refractivity contribution in [3.05, 3.63) is 29.6 Å². The van der Waals surface area contributed by atoms with Crippen LogP contribution in [-0.2, 0) is 0 Å². The van der Waals surface area contributed by atoms with E-state index in [1.807, 2.05) is 13.1 Å². The summed E-state index contributed by atoms with van der Waals surface area (Å²) in [6, 6.07) is 4.33. The molecule has 0 saturated heterocycles. The van der Waals surface area contributed by atoms with E-state index in [9.17, 15) is 0 Å². The smallest absolute Gasteiger partial charge is 0.0658 e. The minimum absolute atomic E-state index is 0.117. The normalized spacial score (nSPS) is 20.3. The SMILES string of the molecule is Cc1ccc(C(NN)C2(N(C)C)CCCC2)cn1. The number of hydrogen-bond donors (Lipinski definition) is 2. The zero-order valence-electron chi connectivity index (χ0n) is 11.6. The second kappa shape index (κ2) is 5.34. The van der Waals surface area contributed by atoms with E-state index in [-0.39, 0.29) is 11.6 Å². The first kappa shape index (κ1) is 13.5. The molecular formula is C14H24N4. The van der Waals surface area contributed by atoms with Crippen LogP contribution in [0.4, 0.5) is 0 Å². The van der Waals surface area contributed by atoms with Gasteiger partial charge in [0.15, 0.2) is 0 Å². The Labute approximate surface area is 110 Å². The van der Waals surface area contributed by atoms with E-state index in [4.69, 9.17) is 5.84 Å². The molecule has 3 N–H and O–H groups in total. The predicted molar refractivity (Wildman–Crippen MR) is 73.9 cm³/mol. The Morgan fingerprint density at radius 3 is 2.44 bits per heavy atom. The van der Waals surface area contributed by atoms with Crippen LogP contribution in [-0.4, -0.2) is 29.5 Å². The fraction of sp³-hybridized carbons (Fsp3) is 0.643. The Morgan fingerprint density at radius 2 is 2.00 bits per heavy atom. The summed E-state index contributed by atoms with van der Waals surface area (Å²) < 4.78 is 0. The molecule has 0 aromatic carbocycles. The molecule has 0 amide bonds. The molecule has 1 fully saturated rings. The maximum Gasteiger partial charge on any atom is 0.0658 e. The van der Waals surface area contributed by atoms with Crippen molar-refractivity contribution in [2.24, 2.45) is 5.84 Å². The van der Waals surface area contributed by atoms with Crippen molar-refractivity contribution >= 4 is 0 Å². The van der Waals surface area contributed by atoms with Gasteiger partial charge in [-0.3, -0.25) is 16.3 Å². The maximum atomic E-state index is 5.84. The summed E-state index contributed by atoms with van der Waals surface area (Å²) in [7, 11) is 4.30. The lowest BCUT2D eigenvalue weighted by molar-refractivity contribution is 0.104. The van der Waals surface area contributed by atoms with Crippen molar-refractivity contribution in [2.75, 3.05) is 14.1 Å². The topological polar surface area (TPSA) is 54.2 Å². The molecule has 1 aliphatic carbocycles. The zero-order chi connectivity index (χ0) is 13.2. The quantitative estimate of drug-likeness (QED) is 0.630. The molecule has 0 radical (unpaired) electrons. The second-order valence-corrected chi connectivity index (χ2v) is 5.54. The van der Waals surface area contributed by atoms with Crippen LogP contribution >= 0.6 is 0 Å². The largest absolute Gasteiger partial charge is 0.302 e. The second-order valence-electron chi connectivity index (χ2n) is 5.54. The lowest BCUT2D eigenvalue weighted by atomic mass is 9.83. The average Bonchev–Trinajstić information content (AvgIpc) is 2.83. The van der Waals surface area contributed by atoms with E-state index in [1.165, 1.54) is 31.2 Å². The number of nitrogens with two attached hydrogens (primary N) is 1. The van der Waals surface area contributed by atoms with E-state index in [0.29, 0.717) is 0 Å². The predicted octanol–water partition coefficient (Wildman–Crippen LogP) is 1.77. The summed E-state index contributed by atoms with van der Waals surface area (Å²) in [6.45, 7) is 2.01. The van der Waals surface area contributed by atoms with Crippen LogP contribution in [0.3, 0.4) is 0 Å². The summed E-state index contributed by atoms with van der Waals surface area (Å²) in [6.07, 6.45) is 6.86. The van der Waals surface area contributed by atoms with Crippen molar-refractivity contribution in [1.29, 1.82) is 0 Å². The molecule has 1 heterocycles. The standard InChI is InChI=1S/C14H24N4/c1-11-6-7-12(10-16-11)13(17-15)14(18(2)3)8-4-5-9-14/h6-7,10,13,17H,4-5,8-9,15H2,1-3H3. The van der Waals surface area contributed by atoms with E-state index in [2.05, 4.69) is 41.5 Å². The van der Waals surface area contributed by atoms with Gasteiger partial charge in [-0.1, -0.05) is 18.9 Å². The molecule has 1 atom stereocenters. The van der Waals surface area contributed by atoms with Gasteiger partial charge in [-0.05, 0) is 45.5 Å². The minimum atomic E-state index is 0.117. The van der Waals surface area contributed by atoms with Crippen molar-refractivity contribution in [2.45, 2.75) is 44.2 Å². The molecule has 0 spiro atoms. The summed E-state index contributed by atoms with van der Waals surface area (Å²) in [5, 5.41) is 0. The number of hydrazine groups is 1. The fourth-order valence-electron chi connectivity index (χ4n) is 3.19. The van der Waals surface area contributed by atoms with Gasteiger partial charge in [-0.2, -0.15) is 0 Å². The molecule has 2 rings (SSSR count). The highest BCUT2D eigenvalue weighted by Crippen LogP contribution is 2.42. The highest BCUT2D eigenvalue weighted by molar-refractivity contribution is 5.22. The zero-order valence-corrected chi connectivity index (χ0v) is 11.6. The Balaban J connectivity index is 2.34. The number of aryl methyl sites for hydroxylation is 1. The first-order chi connectivity index (χ1) is 8.60. The third-order valence-corrected chi connectivity index (χ3v) is 4.33. The Bertz CT molecular complexity index is 379. The highest BCUT2D eigenvalue weighted by Gasteiger charge is 2.43. The van der Waals surface area contributed by atoms with Gasteiger partial charge in [0.25, 0.3) is 0 Å². The van der Waals surface area contributed by atoms with Crippen LogP contribution in [0.15, 0.2) is 18.3 Å². The summed E-state index contributed by atoms with van der Waals surface area (Å²) in [5.74, 6) is 5.84.